The van der Waals surface area contributed by atoms with Crippen LogP contribution in [-0.2, 0) is 30.5 Å². The summed E-state index contributed by atoms with van der Waals surface area (Å²) >= 11 is 0. The number of carbonyl (C=O) groups excluding carboxylic acids is 1. The van der Waals surface area contributed by atoms with Crippen LogP contribution < -0.4 is 5.32 Å². The number of nitrogens with zero attached hydrogens (tertiary/aromatic N) is 1. The lowest BCUT2D eigenvalue weighted by Gasteiger charge is -2.14. The van der Waals surface area contributed by atoms with E-state index < -0.39 is 0 Å². The zero-order valence-electron chi connectivity index (χ0n) is 13.1. The highest BCUT2D eigenvalue weighted by Gasteiger charge is 2.25. The molecule has 0 saturated carbocycles. The van der Waals surface area contributed by atoms with Crippen LogP contribution in [0.2, 0.25) is 0 Å². The van der Waals surface area contributed by atoms with E-state index in [4.69, 9.17) is 4.98 Å². The fraction of sp³-hybridized carbons (Fsp3) is 0.300. The molecule has 1 amide bonds. The van der Waals surface area contributed by atoms with Gasteiger partial charge in [-0.25, -0.2) is 0 Å². The van der Waals surface area contributed by atoms with Crippen molar-refractivity contribution in [2.24, 2.45) is 0 Å². The van der Waals surface area contributed by atoms with Gasteiger partial charge in [-0.2, -0.15) is 0 Å². The predicted molar refractivity (Wildman–Crippen MR) is 92.4 cm³/mol. The van der Waals surface area contributed by atoms with Crippen molar-refractivity contribution in [3.8, 4) is 0 Å². The molecule has 0 bridgehead atoms. The molecule has 0 radical (unpaired) electrons. The Hall–Kier alpha value is -2.42. The van der Waals surface area contributed by atoms with Crippen LogP contribution in [0.4, 0.5) is 5.69 Å². The highest BCUT2D eigenvalue weighted by molar-refractivity contribution is 6.03. The molecule has 0 atom stereocenters. The van der Waals surface area contributed by atoms with Crippen molar-refractivity contribution in [1.29, 1.82) is 0 Å². The summed E-state index contributed by atoms with van der Waals surface area (Å²) in [5.41, 5.74) is 7.04. The minimum absolute atomic E-state index is 0.0525. The van der Waals surface area contributed by atoms with E-state index in [2.05, 4.69) is 5.32 Å². The highest BCUT2D eigenvalue weighted by atomic mass is 16.1. The molecule has 3 nitrogen and oxygen atoms in total. The van der Waals surface area contributed by atoms with Crippen LogP contribution in [0.25, 0.3) is 6.08 Å². The summed E-state index contributed by atoms with van der Waals surface area (Å²) in [6.07, 6.45) is 9.94. The van der Waals surface area contributed by atoms with Gasteiger partial charge in [-0.3, -0.25) is 9.78 Å². The molecule has 1 heterocycles. The average Bonchev–Trinajstić information content (AvgIpc) is 3.22. The van der Waals surface area contributed by atoms with Crippen molar-refractivity contribution < 1.29 is 4.79 Å². The molecule has 0 unspecified atom stereocenters. The number of fused-ring (bicyclic) bond motifs is 2. The second-order valence-corrected chi connectivity index (χ2v) is 6.28. The van der Waals surface area contributed by atoms with Crippen LogP contribution in [0.3, 0.4) is 0 Å². The second-order valence-electron chi connectivity index (χ2n) is 6.28. The van der Waals surface area contributed by atoms with Crippen LogP contribution in [0.5, 0.6) is 0 Å². The van der Waals surface area contributed by atoms with Crippen LogP contribution in [-0.4, -0.2) is 10.9 Å². The van der Waals surface area contributed by atoms with Gasteiger partial charge < -0.3 is 5.32 Å². The van der Waals surface area contributed by atoms with Gasteiger partial charge >= 0.3 is 0 Å². The van der Waals surface area contributed by atoms with Crippen molar-refractivity contribution in [3.05, 3.63) is 64.5 Å². The van der Waals surface area contributed by atoms with E-state index in [0.29, 0.717) is 0 Å². The Morgan fingerprint density at radius 2 is 1.61 bits per heavy atom. The number of aryl methyl sites for hydroxylation is 2. The quantitative estimate of drug-likeness (QED) is 0.878. The largest absolute Gasteiger partial charge is 0.322 e. The molecule has 23 heavy (non-hydrogen) atoms. The number of aromatic nitrogens is 1. The lowest BCUT2D eigenvalue weighted by Crippen LogP contribution is -2.13. The molecule has 3 heteroatoms. The van der Waals surface area contributed by atoms with Gasteiger partial charge in [0.25, 0.3) is 0 Å². The third kappa shape index (κ3) is 2.79. The minimum atomic E-state index is -0.0525. The van der Waals surface area contributed by atoms with Gasteiger partial charge in [0.15, 0.2) is 0 Å². The summed E-state index contributed by atoms with van der Waals surface area (Å²) < 4.78 is 0. The first kappa shape index (κ1) is 14.2. The smallest absolute Gasteiger partial charge is 0.248 e. The Labute approximate surface area is 136 Å². The molecular weight excluding hydrogens is 284 g/mol. The number of nitrogens with one attached hydrogen (secondary N) is 1. The van der Waals surface area contributed by atoms with E-state index >= 15 is 0 Å². The first-order chi connectivity index (χ1) is 11.3. The molecule has 2 aliphatic carbocycles. The van der Waals surface area contributed by atoms with Crippen LogP contribution in [0.15, 0.2) is 36.4 Å². The van der Waals surface area contributed by atoms with E-state index in [9.17, 15) is 4.79 Å². The fourth-order valence-corrected chi connectivity index (χ4v) is 3.64. The molecule has 2 aromatic rings. The molecule has 0 spiro atoms. The van der Waals surface area contributed by atoms with Gasteiger partial charge in [0.2, 0.25) is 5.91 Å². The topological polar surface area (TPSA) is 42.0 Å². The van der Waals surface area contributed by atoms with Crippen LogP contribution in [0.1, 0.15) is 40.9 Å². The molecule has 0 fully saturated rings. The van der Waals surface area contributed by atoms with E-state index in [0.717, 1.165) is 49.8 Å². The number of carbonyl (C=O) groups is 1. The van der Waals surface area contributed by atoms with Crippen LogP contribution >= 0.6 is 0 Å². The fourth-order valence-electron chi connectivity index (χ4n) is 3.64. The first-order valence-electron chi connectivity index (χ1n) is 8.39. The maximum Gasteiger partial charge on any atom is 0.248 e. The summed E-state index contributed by atoms with van der Waals surface area (Å²) in [6.45, 7) is 0. The Morgan fingerprint density at radius 1 is 0.957 bits per heavy atom. The number of hydrogen-bond donors (Lipinski definition) is 1. The Morgan fingerprint density at radius 3 is 2.26 bits per heavy atom. The SMILES string of the molecule is O=C(C=Cc1ccccc1)Nc1c2c(nc3c1CCC3)CCC2. The monoisotopic (exact) mass is 304 g/mol. The zero-order chi connectivity index (χ0) is 15.6. The number of rotatable bonds is 3. The molecule has 1 N–H and O–H groups in total. The molecular formula is C20H20N2O. The number of amides is 1. The number of anilines is 1. The van der Waals surface area contributed by atoms with Gasteiger partial charge in [-0.1, -0.05) is 30.3 Å². The highest BCUT2D eigenvalue weighted by Crippen LogP contribution is 2.36. The molecule has 116 valence electrons. The van der Waals surface area contributed by atoms with Gasteiger partial charge in [0, 0.05) is 17.5 Å². The molecule has 0 aliphatic heterocycles. The van der Waals surface area contributed by atoms with Gasteiger partial charge in [0.1, 0.15) is 0 Å². The number of hydrogen-bond acceptors (Lipinski definition) is 2. The predicted octanol–water partition coefficient (Wildman–Crippen LogP) is 3.71. The van der Waals surface area contributed by atoms with E-state index in [1.165, 1.54) is 22.5 Å². The summed E-state index contributed by atoms with van der Waals surface area (Å²) in [7, 11) is 0. The van der Waals surface area contributed by atoms with Crippen molar-refractivity contribution in [1.82, 2.24) is 4.98 Å². The summed E-state index contributed by atoms with van der Waals surface area (Å²) in [5.74, 6) is -0.0525. The van der Waals surface area contributed by atoms with Gasteiger partial charge in [-0.15, -0.1) is 0 Å². The van der Waals surface area contributed by atoms with E-state index in [1.54, 1.807) is 6.08 Å². The normalized spacial score (nSPS) is 15.7. The summed E-state index contributed by atoms with van der Waals surface area (Å²) in [5, 5.41) is 3.15. The number of benzene rings is 1. The third-order valence-corrected chi connectivity index (χ3v) is 4.73. The van der Waals surface area contributed by atoms with Crippen LogP contribution in [0, 0.1) is 0 Å². The van der Waals surface area contributed by atoms with Crippen molar-refractivity contribution in [2.75, 3.05) is 5.32 Å². The maximum atomic E-state index is 12.4. The van der Waals surface area contributed by atoms with Crippen molar-refractivity contribution in [3.63, 3.8) is 0 Å². The molecule has 4 rings (SSSR count). The minimum Gasteiger partial charge on any atom is -0.322 e. The Bertz CT molecular complexity index is 746. The van der Waals surface area contributed by atoms with E-state index in [1.807, 2.05) is 36.4 Å². The first-order valence-corrected chi connectivity index (χ1v) is 8.39. The standard InChI is InChI=1S/C20H20N2O/c23-19(13-12-14-6-2-1-3-7-14)22-20-15-8-4-10-17(15)21-18-11-5-9-16(18)20/h1-3,6-7,12-13H,4-5,8-11H2,(H,21,22,23). The lowest BCUT2D eigenvalue weighted by atomic mass is 10.1. The van der Waals surface area contributed by atoms with Gasteiger partial charge in [-0.05, 0) is 61.3 Å². The van der Waals surface area contributed by atoms with Gasteiger partial charge in [0.05, 0.1) is 5.69 Å². The average molecular weight is 304 g/mol. The number of pyridine rings is 1. The molecule has 1 aromatic heterocycles. The lowest BCUT2D eigenvalue weighted by molar-refractivity contribution is -0.111. The third-order valence-electron chi connectivity index (χ3n) is 4.73. The summed E-state index contributed by atoms with van der Waals surface area (Å²) in [6, 6.07) is 9.90. The van der Waals surface area contributed by atoms with Crippen molar-refractivity contribution in [2.45, 2.75) is 38.5 Å². The Balaban J connectivity index is 1.60. The zero-order valence-corrected chi connectivity index (χ0v) is 13.1. The van der Waals surface area contributed by atoms with E-state index in [-0.39, 0.29) is 5.91 Å². The maximum absolute atomic E-state index is 12.4. The second kappa shape index (κ2) is 5.99. The Kier molecular flexibility index (Phi) is 3.70. The molecule has 0 saturated heterocycles. The molecule has 2 aliphatic rings. The van der Waals surface area contributed by atoms with Crippen molar-refractivity contribution >= 4 is 17.7 Å². The summed E-state index contributed by atoms with van der Waals surface area (Å²) in [4.78, 5) is 17.2. The molecule has 1 aromatic carbocycles.